The van der Waals surface area contributed by atoms with Crippen LogP contribution in [0.2, 0.25) is 10.0 Å². The van der Waals surface area contributed by atoms with Gasteiger partial charge in [0.2, 0.25) is 5.91 Å². The molecule has 110 valence electrons. The monoisotopic (exact) mass is 340 g/mol. The number of hydrogen-bond acceptors (Lipinski definition) is 3. The lowest BCUT2D eigenvalue weighted by molar-refractivity contribution is -0.115. The van der Waals surface area contributed by atoms with Crippen molar-refractivity contribution >= 4 is 46.7 Å². The van der Waals surface area contributed by atoms with Crippen molar-refractivity contribution in [1.29, 1.82) is 0 Å². The number of halogens is 2. The highest BCUT2D eigenvalue weighted by molar-refractivity contribution is 8.00. The van der Waals surface area contributed by atoms with E-state index in [0.29, 0.717) is 15.9 Å². The Hall–Kier alpha value is -1.23. The van der Waals surface area contributed by atoms with Crippen LogP contribution in [0.1, 0.15) is 12.5 Å². The van der Waals surface area contributed by atoms with E-state index >= 15 is 0 Å². The molecular formula is C15H14Cl2N2OS. The molecule has 0 saturated heterocycles. The Labute approximate surface area is 138 Å². The van der Waals surface area contributed by atoms with E-state index < -0.39 is 0 Å². The number of hydrogen-bond donors (Lipinski definition) is 1. The minimum Gasteiger partial charge on any atom is -0.310 e. The van der Waals surface area contributed by atoms with Gasteiger partial charge < -0.3 is 5.32 Å². The third kappa shape index (κ3) is 4.63. The zero-order valence-corrected chi connectivity index (χ0v) is 13.9. The Bertz CT molecular complexity index is 664. The van der Waals surface area contributed by atoms with Gasteiger partial charge in [-0.1, -0.05) is 23.2 Å². The number of carbonyl (C=O) groups excluding carboxylic acids is 1. The van der Waals surface area contributed by atoms with E-state index in [1.54, 1.807) is 24.4 Å². The van der Waals surface area contributed by atoms with Crippen LogP contribution in [-0.4, -0.2) is 16.1 Å². The van der Waals surface area contributed by atoms with Crippen molar-refractivity contribution < 1.29 is 4.79 Å². The lowest BCUT2D eigenvalue weighted by Crippen LogP contribution is -2.23. The number of nitrogens with one attached hydrogen (secondary N) is 1. The van der Waals surface area contributed by atoms with Gasteiger partial charge in [-0.2, -0.15) is 0 Å². The quantitative estimate of drug-likeness (QED) is 0.811. The van der Waals surface area contributed by atoms with Crippen LogP contribution in [0.4, 0.5) is 5.82 Å². The van der Waals surface area contributed by atoms with Crippen molar-refractivity contribution in [2.75, 3.05) is 5.32 Å². The normalized spacial score (nSPS) is 12.0. The summed E-state index contributed by atoms with van der Waals surface area (Å²) in [5.74, 6) is 0.416. The highest BCUT2D eigenvalue weighted by Gasteiger charge is 2.16. The van der Waals surface area contributed by atoms with Crippen LogP contribution in [0.25, 0.3) is 0 Å². The second kappa shape index (κ2) is 7.16. The van der Waals surface area contributed by atoms with Crippen molar-refractivity contribution in [3.8, 4) is 0 Å². The average molecular weight is 341 g/mol. The summed E-state index contributed by atoms with van der Waals surface area (Å²) in [7, 11) is 0. The number of nitrogens with zero attached hydrogens (tertiary/aromatic N) is 1. The summed E-state index contributed by atoms with van der Waals surface area (Å²) in [5.41, 5.74) is 1.04. The summed E-state index contributed by atoms with van der Waals surface area (Å²) >= 11 is 13.4. The minimum atomic E-state index is -0.316. The summed E-state index contributed by atoms with van der Waals surface area (Å²) < 4.78 is 0. The number of pyridine rings is 1. The first kappa shape index (κ1) is 16.1. The smallest absolute Gasteiger partial charge is 0.238 e. The molecule has 0 aliphatic rings. The molecule has 0 bridgehead atoms. The van der Waals surface area contributed by atoms with Crippen LogP contribution < -0.4 is 5.32 Å². The van der Waals surface area contributed by atoms with Gasteiger partial charge in [-0.15, -0.1) is 11.8 Å². The molecule has 1 unspecified atom stereocenters. The summed E-state index contributed by atoms with van der Waals surface area (Å²) in [6, 6.07) is 8.89. The van der Waals surface area contributed by atoms with E-state index in [2.05, 4.69) is 10.3 Å². The molecule has 0 aliphatic carbocycles. The fourth-order valence-corrected chi connectivity index (χ4v) is 3.05. The van der Waals surface area contributed by atoms with Crippen LogP contribution in [0.5, 0.6) is 0 Å². The number of aryl methyl sites for hydroxylation is 1. The lowest BCUT2D eigenvalue weighted by Gasteiger charge is -2.13. The molecule has 21 heavy (non-hydrogen) atoms. The molecule has 1 aromatic carbocycles. The van der Waals surface area contributed by atoms with Gasteiger partial charge >= 0.3 is 0 Å². The average Bonchev–Trinajstić information content (AvgIpc) is 2.43. The van der Waals surface area contributed by atoms with Crippen molar-refractivity contribution in [2.45, 2.75) is 24.0 Å². The standard InChI is InChI=1S/C15H14Cl2N2OS/c1-9-5-6-18-14(7-9)19-15(20)10(2)21-13-8-11(16)3-4-12(13)17/h3-8,10H,1-2H3,(H,18,19,20). The van der Waals surface area contributed by atoms with Gasteiger partial charge in [0.1, 0.15) is 5.82 Å². The molecular weight excluding hydrogens is 327 g/mol. The summed E-state index contributed by atoms with van der Waals surface area (Å²) in [5, 5.41) is 3.65. The number of amides is 1. The molecule has 0 aliphatic heterocycles. The van der Waals surface area contributed by atoms with Gasteiger partial charge in [0.15, 0.2) is 0 Å². The Kier molecular flexibility index (Phi) is 5.51. The molecule has 1 aromatic heterocycles. The predicted molar refractivity (Wildman–Crippen MR) is 89.4 cm³/mol. The van der Waals surface area contributed by atoms with Gasteiger partial charge in [-0.25, -0.2) is 4.98 Å². The molecule has 2 rings (SSSR count). The third-order valence-electron chi connectivity index (χ3n) is 2.73. The van der Waals surface area contributed by atoms with Gasteiger partial charge in [0.05, 0.1) is 10.3 Å². The topological polar surface area (TPSA) is 42.0 Å². The molecule has 6 heteroatoms. The molecule has 1 atom stereocenters. The first-order valence-corrected chi connectivity index (χ1v) is 7.94. The lowest BCUT2D eigenvalue weighted by atomic mass is 10.3. The van der Waals surface area contributed by atoms with E-state index in [9.17, 15) is 4.79 Å². The molecule has 1 heterocycles. The van der Waals surface area contributed by atoms with Crippen LogP contribution in [0, 0.1) is 6.92 Å². The molecule has 0 spiro atoms. The van der Waals surface area contributed by atoms with Gasteiger partial charge in [-0.3, -0.25) is 4.79 Å². The zero-order valence-electron chi connectivity index (χ0n) is 11.6. The van der Waals surface area contributed by atoms with Gasteiger partial charge in [0, 0.05) is 16.1 Å². The van der Waals surface area contributed by atoms with E-state index in [0.717, 1.165) is 10.5 Å². The van der Waals surface area contributed by atoms with E-state index in [-0.39, 0.29) is 11.2 Å². The van der Waals surface area contributed by atoms with Crippen molar-refractivity contribution in [3.63, 3.8) is 0 Å². The summed E-state index contributed by atoms with van der Waals surface area (Å²) in [6.07, 6.45) is 1.66. The highest BCUT2D eigenvalue weighted by Crippen LogP contribution is 2.32. The molecule has 0 radical (unpaired) electrons. The maximum absolute atomic E-state index is 12.2. The molecule has 0 fully saturated rings. The zero-order chi connectivity index (χ0) is 15.4. The van der Waals surface area contributed by atoms with E-state index in [1.807, 2.05) is 26.0 Å². The molecule has 2 aromatic rings. The van der Waals surface area contributed by atoms with Gasteiger partial charge in [-0.05, 0) is 49.7 Å². The van der Waals surface area contributed by atoms with E-state index in [4.69, 9.17) is 23.2 Å². The first-order chi connectivity index (χ1) is 9.95. The van der Waals surface area contributed by atoms with Crippen molar-refractivity contribution in [1.82, 2.24) is 4.98 Å². The third-order valence-corrected chi connectivity index (χ3v) is 4.57. The van der Waals surface area contributed by atoms with Gasteiger partial charge in [0.25, 0.3) is 0 Å². The van der Waals surface area contributed by atoms with E-state index in [1.165, 1.54) is 11.8 Å². The molecule has 0 saturated carbocycles. The first-order valence-electron chi connectivity index (χ1n) is 6.31. The largest absolute Gasteiger partial charge is 0.310 e. The number of aromatic nitrogens is 1. The molecule has 1 N–H and O–H groups in total. The number of anilines is 1. The predicted octanol–water partition coefficient (Wildman–Crippen LogP) is 4.82. The van der Waals surface area contributed by atoms with Crippen LogP contribution in [0.3, 0.4) is 0 Å². The number of carbonyl (C=O) groups is 1. The maximum Gasteiger partial charge on any atom is 0.238 e. The summed E-state index contributed by atoms with van der Waals surface area (Å²) in [6.45, 7) is 3.76. The highest BCUT2D eigenvalue weighted by atomic mass is 35.5. The number of benzene rings is 1. The SMILES string of the molecule is Cc1ccnc(NC(=O)C(C)Sc2cc(Cl)ccc2Cl)c1. The second-order valence-corrected chi connectivity index (χ2v) is 6.77. The Morgan fingerprint density at radius 2 is 2.05 bits per heavy atom. The molecule has 3 nitrogen and oxygen atoms in total. The minimum absolute atomic E-state index is 0.130. The fourth-order valence-electron chi connectivity index (χ4n) is 1.64. The number of rotatable bonds is 4. The Morgan fingerprint density at radius 1 is 1.29 bits per heavy atom. The Morgan fingerprint density at radius 3 is 2.76 bits per heavy atom. The van der Waals surface area contributed by atoms with Crippen molar-refractivity contribution in [2.24, 2.45) is 0 Å². The fraction of sp³-hybridized carbons (Fsp3) is 0.200. The second-order valence-electron chi connectivity index (χ2n) is 4.54. The van der Waals surface area contributed by atoms with Crippen LogP contribution in [-0.2, 0) is 4.79 Å². The summed E-state index contributed by atoms with van der Waals surface area (Å²) in [4.78, 5) is 17.1. The number of thioether (sulfide) groups is 1. The Balaban J connectivity index is 2.04. The van der Waals surface area contributed by atoms with Crippen LogP contribution in [0.15, 0.2) is 41.4 Å². The van der Waals surface area contributed by atoms with Crippen molar-refractivity contribution in [3.05, 3.63) is 52.1 Å². The maximum atomic E-state index is 12.2. The van der Waals surface area contributed by atoms with Crippen LogP contribution >= 0.6 is 35.0 Å². The molecule has 1 amide bonds.